The van der Waals surface area contributed by atoms with Gasteiger partial charge in [0.1, 0.15) is 5.82 Å². The molecule has 0 unspecified atom stereocenters. The van der Waals surface area contributed by atoms with Crippen LogP contribution >= 0.6 is 0 Å². The molecule has 2 fully saturated rings. The Kier molecular flexibility index (Phi) is 5.13. The molecule has 1 aromatic rings. The molecule has 0 aromatic heterocycles. The number of likely N-dealkylation sites (tertiary alicyclic amines) is 1. The first-order valence-electron chi connectivity index (χ1n) is 8.24. The summed E-state index contributed by atoms with van der Waals surface area (Å²) in [6, 6.07) is 4.61. The van der Waals surface area contributed by atoms with E-state index in [-0.39, 0.29) is 11.8 Å². The first-order chi connectivity index (χ1) is 11.1. The zero-order chi connectivity index (χ0) is 16.2. The summed E-state index contributed by atoms with van der Waals surface area (Å²) in [5.41, 5.74) is 1.02. The van der Waals surface area contributed by atoms with Gasteiger partial charge < -0.3 is 15.0 Å². The molecule has 1 N–H and O–H groups in total. The van der Waals surface area contributed by atoms with Crippen molar-refractivity contribution in [1.82, 2.24) is 9.80 Å². The summed E-state index contributed by atoms with van der Waals surface area (Å²) in [6.07, 6.45) is 1.02. The van der Waals surface area contributed by atoms with Crippen molar-refractivity contribution in [3.63, 3.8) is 0 Å². The largest absolute Gasteiger partial charge is 0.379 e. The topological polar surface area (TPSA) is 44.8 Å². The predicted octanol–water partition coefficient (Wildman–Crippen LogP) is 2.32. The number of amides is 2. The average molecular weight is 321 g/mol. The van der Waals surface area contributed by atoms with Crippen LogP contribution in [-0.4, -0.2) is 61.8 Å². The fourth-order valence-electron chi connectivity index (χ4n) is 3.25. The molecule has 5 nitrogen and oxygen atoms in total. The normalized spacial score (nSPS) is 22.3. The van der Waals surface area contributed by atoms with Crippen molar-refractivity contribution in [3.05, 3.63) is 29.6 Å². The number of morpholine rings is 1. The van der Waals surface area contributed by atoms with Crippen LogP contribution in [0.2, 0.25) is 0 Å². The van der Waals surface area contributed by atoms with Gasteiger partial charge in [-0.2, -0.15) is 0 Å². The molecule has 6 heteroatoms. The van der Waals surface area contributed by atoms with E-state index in [0.717, 1.165) is 52.4 Å². The number of hydrogen-bond acceptors (Lipinski definition) is 3. The van der Waals surface area contributed by atoms with Crippen molar-refractivity contribution < 1.29 is 13.9 Å². The number of ether oxygens (including phenoxy) is 1. The summed E-state index contributed by atoms with van der Waals surface area (Å²) in [5, 5.41) is 2.83. The van der Waals surface area contributed by atoms with E-state index in [2.05, 4.69) is 10.2 Å². The van der Waals surface area contributed by atoms with Gasteiger partial charge in [-0.1, -0.05) is 6.07 Å². The number of benzene rings is 1. The highest BCUT2D eigenvalue weighted by Gasteiger charge is 2.28. The maximum atomic E-state index is 13.5. The minimum absolute atomic E-state index is 0.136. The van der Waals surface area contributed by atoms with Crippen molar-refractivity contribution in [2.45, 2.75) is 13.3 Å². The van der Waals surface area contributed by atoms with Crippen LogP contribution in [0.1, 0.15) is 12.0 Å². The lowest BCUT2D eigenvalue weighted by atomic mass is 10.1. The minimum Gasteiger partial charge on any atom is -0.379 e. The van der Waals surface area contributed by atoms with Crippen LogP contribution in [0.3, 0.4) is 0 Å². The standard InChI is InChI=1S/C17H24FN3O2/c1-13-15(18)3-2-4-16(13)19-17(22)21-6-5-14(12-21)11-20-7-9-23-10-8-20/h2-4,14H,5-12H2,1H3,(H,19,22)/t14-/m1/s1. The van der Waals surface area contributed by atoms with E-state index in [1.54, 1.807) is 19.1 Å². The fraction of sp³-hybridized carbons (Fsp3) is 0.588. The van der Waals surface area contributed by atoms with Crippen LogP contribution < -0.4 is 5.32 Å². The molecule has 0 saturated carbocycles. The molecule has 1 atom stereocenters. The third kappa shape index (κ3) is 4.00. The van der Waals surface area contributed by atoms with Gasteiger partial charge in [0.15, 0.2) is 0 Å². The Balaban J connectivity index is 1.52. The molecule has 0 bridgehead atoms. The first kappa shape index (κ1) is 16.2. The smallest absolute Gasteiger partial charge is 0.321 e. The molecule has 0 radical (unpaired) electrons. The lowest BCUT2D eigenvalue weighted by Gasteiger charge is -2.29. The molecule has 0 aliphatic carbocycles. The lowest BCUT2D eigenvalue weighted by molar-refractivity contribution is 0.0314. The second-order valence-electron chi connectivity index (χ2n) is 6.36. The molecular formula is C17H24FN3O2. The molecule has 2 aliphatic rings. The Bertz CT molecular complexity index is 561. The summed E-state index contributed by atoms with van der Waals surface area (Å²) >= 11 is 0. The van der Waals surface area contributed by atoms with Crippen molar-refractivity contribution in [1.29, 1.82) is 0 Å². The summed E-state index contributed by atoms with van der Waals surface area (Å²) in [6.45, 7) is 7.77. The van der Waals surface area contributed by atoms with E-state index in [0.29, 0.717) is 17.2 Å². The molecule has 2 aliphatic heterocycles. The SMILES string of the molecule is Cc1c(F)cccc1NC(=O)N1CC[C@H](CN2CCOCC2)C1. The van der Waals surface area contributed by atoms with E-state index in [4.69, 9.17) is 4.74 Å². The Morgan fingerprint density at radius 3 is 2.91 bits per heavy atom. The Labute approximate surface area is 136 Å². The van der Waals surface area contributed by atoms with E-state index in [9.17, 15) is 9.18 Å². The van der Waals surface area contributed by atoms with Gasteiger partial charge in [-0.05, 0) is 31.4 Å². The predicted molar refractivity (Wildman–Crippen MR) is 87.1 cm³/mol. The van der Waals surface area contributed by atoms with Crippen molar-refractivity contribution in [3.8, 4) is 0 Å². The highest BCUT2D eigenvalue weighted by molar-refractivity contribution is 5.90. The molecule has 3 rings (SSSR count). The maximum Gasteiger partial charge on any atom is 0.321 e. The number of carbonyl (C=O) groups is 1. The Morgan fingerprint density at radius 2 is 2.13 bits per heavy atom. The van der Waals surface area contributed by atoms with Crippen LogP contribution in [0.4, 0.5) is 14.9 Å². The second kappa shape index (κ2) is 7.27. The molecule has 2 saturated heterocycles. The van der Waals surface area contributed by atoms with Gasteiger partial charge in [-0.3, -0.25) is 4.90 Å². The van der Waals surface area contributed by atoms with Crippen LogP contribution in [0, 0.1) is 18.7 Å². The molecule has 0 spiro atoms. The monoisotopic (exact) mass is 321 g/mol. The summed E-state index contributed by atoms with van der Waals surface area (Å²) in [5.74, 6) is 0.210. The lowest BCUT2D eigenvalue weighted by Crippen LogP contribution is -2.40. The van der Waals surface area contributed by atoms with E-state index in [1.807, 2.05) is 4.90 Å². The third-order valence-corrected chi connectivity index (χ3v) is 4.70. The Hall–Kier alpha value is -1.66. The number of nitrogens with zero attached hydrogens (tertiary/aromatic N) is 2. The fourth-order valence-corrected chi connectivity index (χ4v) is 3.25. The third-order valence-electron chi connectivity index (χ3n) is 4.70. The quantitative estimate of drug-likeness (QED) is 0.929. The molecule has 2 heterocycles. The van der Waals surface area contributed by atoms with Gasteiger partial charge in [0.05, 0.1) is 13.2 Å². The number of halogens is 1. The van der Waals surface area contributed by atoms with Gasteiger partial charge in [0.25, 0.3) is 0 Å². The van der Waals surface area contributed by atoms with Crippen LogP contribution in [-0.2, 0) is 4.74 Å². The van der Waals surface area contributed by atoms with Gasteiger partial charge >= 0.3 is 6.03 Å². The maximum absolute atomic E-state index is 13.5. The van der Waals surface area contributed by atoms with Gasteiger partial charge in [0, 0.05) is 44.0 Å². The first-order valence-corrected chi connectivity index (χ1v) is 8.24. The highest BCUT2D eigenvalue weighted by atomic mass is 19.1. The van der Waals surface area contributed by atoms with E-state index >= 15 is 0 Å². The summed E-state index contributed by atoms with van der Waals surface area (Å²) < 4.78 is 18.9. The van der Waals surface area contributed by atoms with E-state index in [1.165, 1.54) is 6.07 Å². The molecule has 23 heavy (non-hydrogen) atoms. The van der Waals surface area contributed by atoms with Gasteiger partial charge in [-0.15, -0.1) is 0 Å². The second-order valence-corrected chi connectivity index (χ2v) is 6.36. The molecule has 126 valence electrons. The van der Waals surface area contributed by atoms with Crippen molar-refractivity contribution >= 4 is 11.7 Å². The zero-order valence-corrected chi connectivity index (χ0v) is 13.6. The Morgan fingerprint density at radius 1 is 1.35 bits per heavy atom. The summed E-state index contributed by atoms with van der Waals surface area (Å²) in [7, 11) is 0. The van der Waals surface area contributed by atoms with Crippen molar-refractivity contribution in [2.24, 2.45) is 5.92 Å². The zero-order valence-electron chi connectivity index (χ0n) is 13.6. The summed E-state index contributed by atoms with van der Waals surface area (Å²) in [4.78, 5) is 16.6. The van der Waals surface area contributed by atoms with Gasteiger partial charge in [0.2, 0.25) is 0 Å². The number of hydrogen-bond donors (Lipinski definition) is 1. The number of nitrogens with one attached hydrogen (secondary N) is 1. The minimum atomic E-state index is -0.297. The van der Waals surface area contributed by atoms with Crippen LogP contribution in [0.15, 0.2) is 18.2 Å². The molecule has 2 amide bonds. The average Bonchev–Trinajstić information content (AvgIpc) is 3.01. The van der Waals surface area contributed by atoms with Crippen molar-refractivity contribution in [2.75, 3.05) is 51.3 Å². The number of rotatable bonds is 3. The molecular weight excluding hydrogens is 297 g/mol. The highest BCUT2D eigenvalue weighted by Crippen LogP contribution is 2.21. The van der Waals surface area contributed by atoms with Gasteiger partial charge in [-0.25, -0.2) is 9.18 Å². The van der Waals surface area contributed by atoms with E-state index < -0.39 is 0 Å². The number of urea groups is 1. The molecule has 1 aromatic carbocycles. The number of anilines is 1. The van der Waals surface area contributed by atoms with Crippen LogP contribution in [0.5, 0.6) is 0 Å². The number of carbonyl (C=O) groups excluding carboxylic acids is 1. The van der Waals surface area contributed by atoms with Crippen LogP contribution in [0.25, 0.3) is 0 Å².